The number of hydrogen-bond acceptors (Lipinski definition) is 7. The Bertz CT molecular complexity index is 1030. The number of aromatic nitrogens is 2. The minimum atomic E-state index is 0.321. The molecular weight excluding hydrogens is 418 g/mol. The van der Waals surface area contributed by atoms with Gasteiger partial charge in [0, 0.05) is 49.3 Å². The molecule has 8 heteroatoms. The van der Waals surface area contributed by atoms with Crippen LogP contribution in [0.15, 0.2) is 64.8 Å². The summed E-state index contributed by atoms with van der Waals surface area (Å²) in [6, 6.07) is 18.5. The molecule has 2 aromatic carbocycles. The molecule has 1 N–H and O–H groups in total. The predicted molar refractivity (Wildman–Crippen MR) is 129 cm³/mol. The quantitative estimate of drug-likeness (QED) is 0.409. The van der Waals surface area contributed by atoms with Crippen molar-refractivity contribution in [2.24, 2.45) is 10.2 Å². The minimum Gasteiger partial charge on any atom is -0.319 e. The minimum absolute atomic E-state index is 0.321. The fraction of sp³-hybridized carbons (Fsp3) is 0.417. The number of piperazine rings is 3. The largest absolute Gasteiger partial charge is 0.319 e. The van der Waals surface area contributed by atoms with Crippen LogP contribution < -0.4 is 5.32 Å². The van der Waals surface area contributed by atoms with Crippen LogP contribution >= 0.6 is 11.5 Å². The summed E-state index contributed by atoms with van der Waals surface area (Å²) in [7, 11) is 0. The average Bonchev–Trinajstić information content (AvgIpc) is 3.34. The summed E-state index contributed by atoms with van der Waals surface area (Å²) in [6.45, 7) is 12.3. The van der Waals surface area contributed by atoms with Crippen LogP contribution in [0.4, 0.5) is 10.8 Å². The van der Waals surface area contributed by atoms with Gasteiger partial charge in [0.15, 0.2) is 5.82 Å². The van der Waals surface area contributed by atoms with E-state index in [9.17, 15) is 0 Å². The fourth-order valence-corrected chi connectivity index (χ4v) is 5.11. The second-order valence-electron chi connectivity index (χ2n) is 8.81. The van der Waals surface area contributed by atoms with E-state index >= 15 is 0 Å². The maximum atomic E-state index is 4.46. The van der Waals surface area contributed by atoms with Crippen molar-refractivity contribution in [3.05, 3.63) is 60.2 Å². The Morgan fingerprint density at radius 1 is 1.00 bits per heavy atom. The summed E-state index contributed by atoms with van der Waals surface area (Å²) in [5.41, 5.74) is 3.08. The van der Waals surface area contributed by atoms with E-state index in [1.165, 1.54) is 67.4 Å². The summed E-state index contributed by atoms with van der Waals surface area (Å²) in [6.07, 6.45) is 0. The highest BCUT2D eigenvalue weighted by atomic mass is 32.1. The van der Waals surface area contributed by atoms with Crippen LogP contribution in [-0.2, 0) is 0 Å². The molecule has 0 radical (unpaired) electrons. The van der Waals surface area contributed by atoms with Gasteiger partial charge in [-0.3, -0.25) is 4.90 Å². The van der Waals surface area contributed by atoms with E-state index < -0.39 is 0 Å². The van der Waals surface area contributed by atoms with Crippen molar-refractivity contribution in [2.45, 2.75) is 13.0 Å². The molecule has 0 spiro atoms. The summed E-state index contributed by atoms with van der Waals surface area (Å²) >= 11 is 1.26. The first kappa shape index (κ1) is 21.3. The normalized spacial score (nSPS) is 23.6. The first-order valence-electron chi connectivity index (χ1n) is 11.4. The molecule has 7 nitrogen and oxygen atoms in total. The van der Waals surface area contributed by atoms with Crippen molar-refractivity contribution in [2.75, 3.05) is 52.4 Å². The molecule has 0 saturated carbocycles. The number of azo groups is 1. The van der Waals surface area contributed by atoms with Gasteiger partial charge in [0.2, 0.25) is 5.13 Å². The molecule has 6 rings (SSSR count). The Labute approximate surface area is 193 Å². The fourth-order valence-electron chi connectivity index (χ4n) is 4.59. The third-order valence-corrected chi connectivity index (χ3v) is 7.40. The zero-order valence-corrected chi connectivity index (χ0v) is 19.3. The molecule has 0 aliphatic carbocycles. The highest BCUT2D eigenvalue weighted by Gasteiger charge is 2.37. The van der Waals surface area contributed by atoms with Crippen molar-refractivity contribution < 1.29 is 4.48 Å². The maximum Gasteiger partial charge on any atom is 0.249 e. The molecule has 3 saturated heterocycles. The topological polar surface area (TPSA) is 65.8 Å². The van der Waals surface area contributed by atoms with E-state index in [1.807, 2.05) is 42.5 Å². The first-order valence-corrected chi connectivity index (χ1v) is 12.2. The number of quaternary nitrogens is 1. The van der Waals surface area contributed by atoms with Gasteiger partial charge in [-0.25, -0.2) is 0 Å². The molecule has 1 atom stereocenters. The lowest BCUT2D eigenvalue weighted by atomic mass is 10.1. The highest BCUT2D eigenvalue weighted by Crippen LogP contribution is 2.25. The lowest BCUT2D eigenvalue weighted by molar-refractivity contribution is -0.939. The van der Waals surface area contributed by atoms with Gasteiger partial charge in [-0.1, -0.05) is 42.5 Å². The van der Waals surface area contributed by atoms with Crippen molar-refractivity contribution in [3.8, 4) is 11.4 Å². The number of nitrogens with one attached hydrogen (secondary N) is 1. The standard InChI is InChI=1S/C24H30N7S/c1-19(25-11-15-31-16-12-30(13-17-31)14-18-31)20-7-9-22(10-8-20)27-28-24-26-23(29-32-24)21-5-3-2-4-6-21/h2-10,19,25H,11-18H2,1H3/q+1. The molecule has 3 aromatic rings. The van der Waals surface area contributed by atoms with Crippen LogP contribution in [0.2, 0.25) is 0 Å². The molecule has 4 heterocycles. The van der Waals surface area contributed by atoms with Crippen LogP contribution in [0.25, 0.3) is 11.4 Å². The van der Waals surface area contributed by atoms with Crippen LogP contribution in [0, 0.1) is 0 Å². The Hall–Kier alpha value is -2.52. The molecule has 3 aliphatic rings. The van der Waals surface area contributed by atoms with E-state index in [0.29, 0.717) is 17.0 Å². The number of fused-ring (bicyclic) bond motifs is 3. The van der Waals surface area contributed by atoms with Gasteiger partial charge in [0.25, 0.3) is 0 Å². The molecule has 3 fully saturated rings. The molecule has 166 valence electrons. The van der Waals surface area contributed by atoms with Gasteiger partial charge in [-0.05, 0) is 24.6 Å². The van der Waals surface area contributed by atoms with E-state index in [4.69, 9.17) is 0 Å². The molecule has 3 aliphatic heterocycles. The van der Waals surface area contributed by atoms with Gasteiger partial charge >= 0.3 is 0 Å². The van der Waals surface area contributed by atoms with Crippen molar-refractivity contribution in [3.63, 3.8) is 0 Å². The number of rotatable bonds is 8. The summed E-state index contributed by atoms with van der Waals surface area (Å²) in [5, 5.41) is 12.9. The second-order valence-corrected chi connectivity index (χ2v) is 9.54. The van der Waals surface area contributed by atoms with Gasteiger partial charge in [-0.15, -0.1) is 10.2 Å². The Morgan fingerprint density at radius 2 is 1.72 bits per heavy atom. The van der Waals surface area contributed by atoms with Gasteiger partial charge in [0.05, 0.1) is 31.9 Å². The van der Waals surface area contributed by atoms with E-state index in [-0.39, 0.29) is 0 Å². The molecule has 0 amide bonds. The molecule has 2 bridgehead atoms. The van der Waals surface area contributed by atoms with Crippen LogP contribution in [0.5, 0.6) is 0 Å². The van der Waals surface area contributed by atoms with E-state index in [0.717, 1.165) is 17.8 Å². The van der Waals surface area contributed by atoms with Crippen molar-refractivity contribution >= 4 is 22.4 Å². The number of benzene rings is 2. The SMILES string of the molecule is CC(NCC[N+]12CCN(CC1)CC2)c1ccc(N=Nc2nc(-c3ccccc3)ns2)cc1. The van der Waals surface area contributed by atoms with E-state index in [1.54, 1.807) is 0 Å². The average molecular weight is 449 g/mol. The lowest BCUT2D eigenvalue weighted by Gasteiger charge is -2.50. The predicted octanol–water partition coefficient (Wildman–Crippen LogP) is 4.42. The number of hydrogen-bond donors (Lipinski definition) is 1. The molecular formula is C24H30N7S+. The second kappa shape index (κ2) is 9.54. The molecule has 1 unspecified atom stereocenters. The van der Waals surface area contributed by atoms with Crippen molar-refractivity contribution in [1.29, 1.82) is 0 Å². The third kappa shape index (κ3) is 4.94. The maximum absolute atomic E-state index is 4.46. The van der Waals surface area contributed by atoms with Gasteiger partial charge in [-0.2, -0.15) is 9.36 Å². The Kier molecular flexibility index (Phi) is 6.36. The van der Waals surface area contributed by atoms with E-state index in [2.05, 4.69) is 48.9 Å². The smallest absolute Gasteiger partial charge is 0.249 e. The van der Waals surface area contributed by atoms with Gasteiger partial charge in [0.1, 0.15) is 0 Å². The van der Waals surface area contributed by atoms with Crippen LogP contribution in [0.1, 0.15) is 18.5 Å². The zero-order valence-electron chi connectivity index (χ0n) is 18.5. The summed E-state index contributed by atoms with van der Waals surface area (Å²) in [4.78, 5) is 7.06. The summed E-state index contributed by atoms with van der Waals surface area (Å²) in [5.74, 6) is 0.691. The third-order valence-electron chi connectivity index (χ3n) is 6.80. The van der Waals surface area contributed by atoms with Crippen molar-refractivity contribution in [1.82, 2.24) is 19.6 Å². The van der Waals surface area contributed by atoms with Crippen LogP contribution in [0.3, 0.4) is 0 Å². The van der Waals surface area contributed by atoms with Gasteiger partial charge < -0.3 is 9.80 Å². The first-order chi connectivity index (χ1) is 15.7. The monoisotopic (exact) mass is 448 g/mol. The van der Waals surface area contributed by atoms with Crippen LogP contribution in [-0.4, -0.2) is 71.1 Å². The molecule has 32 heavy (non-hydrogen) atoms. The Morgan fingerprint density at radius 3 is 2.44 bits per heavy atom. The summed E-state index contributed by atoms with van der Waals surface area (Å²) < 4.78 is 5.68. The molecule has 1 aromatic heterocycles. The highest BCUT2D eigenvalue weighted by molar-refractivity contribution is 7.09. The number of nitrogens with zero attached hydrogens (tertiary/aromatic N) is 6. The lowest BCUT2D eigenvalue weighted by Crippen LogP contribution is -2.68. The Balaban J connectivity index is 1.13. The zero-order chi connectivity index (χ0) is 21.8.